The van der Waals surface area contributed by atoms with E-state index in [4.69, 9.17) is 0 Å². The van der Waals surface area contributed by atoms with E-state index in [1.165, 1.54) is 23.1 Å². The van der Waals surface area contributed by atoms with Gasteiger partial charge in [0.2, 0.25) is 5.91 Å². The molecular formula is C21H17N3O2S2. The number of aromatic nitrogens is 2. The van der Waals surface area contributed by atoms with Crippen LogP contribution < -0.4 is 10.9 Å². The number of hydrogen-bond acceptors (Lipinski definition) is 5. The molecule has 1 atom stereocenters. The molecule has 28 heavy (non-hydrogen) atoms. The van der Waals surface area contributed by atoms with Gasteiger partial charge in [0.05, 0.1) is 16.3 Å². The second-order valence-corrected chi connectivity index (χ2v) is 8.33. The van der Waals surface area contributed by atoms with Gasteiger partial charge in [0, 0.05) is 5.69 Å². The van der Waals surface area contributed by atoms with Crippen LogP contribution in [-0.2, 0) is 4.79 Å². The lowest BCUT2D eigenvalue weighted by atomic mass is 10.3. The van der Waals surface area contributed by atoms with E-state index in [2.05, 4.69) is 10.3 Å². The van der Waals surface area contributed by atoms with Gasteiger partial charge in [-0.05, 0) is 42.6 Å². The van der Waals surface area contributed by atoms with Crippen LogP contribution >= 0.6 is 23.1 Å². The van der Waals surface area contributed by atoms with Crippen LogP contribution in [0.15, 0.2) is 82.1 Å². The Morgan fingerprint density at radius 1 is 1.07 bits per heavy atom. The van der Waals surface area contributed by atoms with E-state index < -0.39 is 5.25 Å². The topological polar surface area (TPSA) is 64.0 Å². The maximum Gasteiger partial charge on any atom is 0.267 e. The number of fused-ring (bicyclic) bond motifs is 1. The second kappa shape index (κ2) is 8.00. The molecular weight excluding hydrogens is 390 g/mol. The number of carbonyl (C=O) groups excluding carboxylic acids is 1. The number of nitrogens with zero attached hydrogens (tertiary/aromatic N) is 2. The lowest BCUT2D eigenvalue weighted by Gasteiger charge is -2.15. The first-order chi connectivity index (χ1) is 13.6. The van der Waals surface area contributed by atoms with Crippen molar-refractivity contribution in [1.29, 1.82) is 0 Å². The molecule has 0 saturated heterocycles. The van der Waals surface area contributed by atoms with Crippen molar-refractivity contribution in [1.82, 2.24) is 9.55 Å². The number of thiophene rings is 1. The van der Waals surface area contributed by atoms with Crippen molar-refractivity contribution in [3.05, 3.63) is 82.5 Å². The number of carbonyl (C=O) groups is 1. The third kappa shape index (κ3) is 3.72. The van der Waals surface area contributed by atoms with Gasteiger partial charge >= 0.3 is 0 Å². The molecule has 140 valence electrons. The Morgan fingerprint density at radius 2 is 1.75 bits per heavy atom. The number of benzene rings is 2. The zero-order valence-corrected chi connectivity index (χ0v) is 16.7. The van der Waals surface area contributed by atoms with E-state index in [-0.39, 0.29) is 11.5 Å². The molecule has 1 N–H and O–H groups in total. The Morgan fingerprint density at radius 3 is 2.46 bits per heavy atom. The summed E-state index contributed by atoms with van der Waals surface area (Å²) in [5, 5.41) is 5.40. The van der Waals surface area contributed by atoms with E-state index in [1.54, 1.807) is 10.6 Å². The van der Waals surface area contributed by atoms with Crippen molar-refractivity contribution in [3.63, 3.8) is 0 Å². The summed E-state index contributed by atoms with van der Waals surface area (Å²) in [6, 6.07) is 20.5. The van der Waals surface area contributed by atoms with E-state index >= 15 is 0 Å². The Balaban J connectivity index is 1.69. The fraction of sp³-hybridized carbons (Fsp3) is 0.0952. The second-order valence-electron chi connectivity index (χ2n) is 6.13. The van der Waals surface area contributed by atoms with Crippen LogP contribution in [0.5, 0.6) is 0 Å². The van der Waals surface area contributed by atoms with Gasteiger partial charge in [0.25, 0.3) is 5.56 Å². The summed E-state index contributed by atoms with van der Waals surface area (Å²) < 4.78 is 1.58. The average molecular weight is 408 g/mol. The fourth-order valence-corrected chi connectivity index (χ4v) is 4.49. The van der Waals surface area contributed by atoms with E-state index in [9.17, 15) is 9.59 Å². The highest BCUT2D eigenvalue weighted by atomic mass is 32.2. The molecule has 0 aliphatic rings. The summed E-state index contributed by atoms with van der Waals surface area (Å²) in [6.45, 7) is 1.81. The van der Waals surface area contributed by atoms with E-state index in [0.29, 0.717) is 15.4 Å². The van der Waals surface area contributed by atoms with Crippen LogP contribution in [0.2, 0.25) is 0 Å². The standard InChI is InChI=1S/C21H17N3O2S2/c1-14(18(25)22-15-8-4-2-5-9-15)28-21-23-19-17(12-13-27-19)20(26)24(21)16-10-6-3-7-11-16/h2-14H,1H3,(H,22,25)/t14-/m1/s1. The van der Waals surface area contributed by atoms with Crippen molar-refractivity contribution >= 4 is 44.9 Å². The SMILES string of the molecule is C[C@@H](Sc1nc2sccc2c(=O)n1-c1ccccc1)C(=O)Nc1ccccc1. The smallest absolute Gasteiger partial charge is 0.267 e. The predicted molar refractivity (Wildman–Crippen MR) is 116 cm³/mol. The molecule has 0 spiro atoms. The lowest BCUT2D eigenvalue weighted by molar-refractivity contribution is -0.115. The summed E-state index contributed by atoms with van der Waals surface area (Å²) in [7, 11) is 0. The number of rotatable bonds is 5. The molecule has 0 unspecified atom stereocenters. The molecule has 0 radical (unpaired) electrons. The molecule has 0 aliphatic heterocycles. The van der Waals surface area contributed by atoms with Crippen LogP contribution in [0.1, 0.15) is 6.92 Å². The van der Waals surface area contributed by atoms with Crippen LogP contribution in [-0.4, -0.2) is 20.7 Å². The van der Waals surface area contributed by atoms with Crippen molar-refractivity contribution in [2.75, 3.05) is 5.32 Å². The van der Waals surface area contributed by atoms with Crippen LogP contribution in [0, 0.1) is 0 Å². The molecule has 5 nitrogen and oxygen atoms in total. The molecule has 2 aromatic heterocycles. The van der Waals surface area contributed by atoms with Crippen LogP contribution in [0.3, 0.4) is 0 Å². The Bertz CT molecular complexity index is 1170. The van der Waals surface area contributed by atoms with Crippen LogP contribution in [0.25, 0.3) is 15.9 Å². The molecule has 2 aromatic carbocycles. The summed E-state index contributed by atoms with van der Waals surface area (Å²) in [5.41, 5.74) is 1.34. The minimum absolute atomic E-state index is 0.129. The van der Waals surface area contributed by atoms with Gasteiger partial charge < -0.3 is 5.32 Å². The summed E-state index contributed by atoms with van der Waals surface area (Å²) in [6.07, 6.45) is 0. The summed E-state index contributed by atoms with van der Waals surface area (Å²) in [5.74, 6) is -0.142. The number of nitrogens with one attached hydrogen (secondary N) is 1. The Hall–Kier alpha value is -2.90. The predicted octanol–water partition coefficient (Wildman–Crippen LogP) is 4.57. The molecule has 0 aliphatic carbocycles. The van der Waals surface area contributed by atoms with Gasteiger partial charge in [-0.15, -0.1) is 11.3 Å². The van der Waals surface area contributed by atoms with Crippen molar-refractivity contribution < 1.29 is 4.79 Å². The highest BCUT2D eigenvalue weighted by Gasteiger charge is 2.20. The maximum atomic E-state index is 13.1. The summed E-state index contributed by atoms with van der Waals surface area (Å²) in [4.78, 5) is 31.0. The number of thioether (sulfide) groups is 1. The number of anilines is 1. The quantitative estimate of drug-likeness (QED) is 0.389. The number of hydrogen-bond donors (Lipinski definition) is 1. The van der Waals surface area contributed by atoms with Gasteiger partial charge in [-0.1, -0.05) is 48.2 Å². The normalized spacial score (nSPS) is 12.0. The van der Waals surface area contributed by atoms with Gasteiger partial charge in [-0.3, -0.25) is 14.2 Å². The molecule has 7 heteroatoms. The van der Waals surface area contributed by atoms with Gasteiger partial charge in [-0.2, -0.15) is 0 Å². The van der Waals surface area contributed by atoms with Gasteiger partial charge in [0.15, 0.2) is 5.16 Å². The zero-order valence-electron chi connectivity index (χ0n) is 15.0. The summed E-state index contributed by atoms with van der Waals surface area (Å²) >= 11 is 2.69. The maximum absolute atomic E-state index is 13.1. The monoisotopic (exact) mass is 407 g/mol. The minimum Gasteiger partial charge on any atom is -0.325 e. The average Bonchev–Trinajstić information content (AvgIpc) is 3.18. The molecule has 4 aromatic rings. The molecule has 4 rings (SSSR count). The third-order valence-electron chi connectivity index (χ3n) is 4.17. The third-order valence-corrected chi connectivity index (χ3v) is 6.03. The molecule has 0 fully saturated rings. The lowest BCUT2D eigenvalue weighted by Crippen LogP contribution is -2.26. The van der Waals surface area contributed by atoms with E-state index in [0.717, 1.165) is 11.4 Å². The molecule has 0 bridgehead atoms. The van der Waals surface area contributed by atoms with Crippen molar-refractivity contribution in [2.24, 2.45) is 0 Å². The Kier molecular flexibility index (Phi) is 5.27. The zero-order chi connectivity index (χ0) is 19.5. The molecule has 1 amide bonds. The van der Waals surface area contributed by atoms with Crippen molar-refractivity contribution in [2.45, 2.75) is 17.3 Å². The first-order valence-electron chi connectivity index (χ1n) is 8.72. The number of amides is 1. The van der Waals surface area contributed by atoms with Crippen LogP contribution in [0.4, 0.5) is 5.69 Å². The highest BCUT2D eigenvalue weighted by molar-refractivity contribution is 8.00. The van der Waals surface area contributed by atoms with Gasteiger partial charge in [0.1, 0.15) is 4.83 Å². The van der Waals surface area contributed by atoms with Crippen molar-refractivity contribution in [3.8, 4) is 5.69 Å². The largest absolute Gasteiger partial charge is 0.325 e. The number of para-hydroxylation sites is 2. The van der Waals surface area contributed by atoms with Gasteiger partial charge in [-0.25, -0.2) is 4.98 Å². The fourth-order valence-electron chi connectivity index (χ4n) is 2.76. The highest BCUT2D eigenvalue weighted by Crippen LogP contribution is 2.27. The first kappa shape index (κ1) is 18.5. The molecule has 2 heterocycles. The first-order valence-corrected chi connectivity index (χ1v) is 10.5. The minimum atomic E-state index is -0.431. The molecule has 0 saturated carbocycles. The van der Waals surface area contributed by atoms with E-state index in [1.807, 2.05) is 73.0 Å². The Labute approximate surface area is 170 Å².